The molecule has 0 spiro atoms. The number of ether oxygens (including phenoxy) is 1. The van der Waals surface area contributed by atoms with Crippen LogP contribution in [-0.4, -0.2) is 71.6 Å². The average molecular weight is 536 g/mol. The predicted molar refractivity (Wildman–Crippen MR) is 153 cm³/mol. The van der Waals surface area contributed by atoms with Crippen LogP contribution >= 0.6 is 11.8 Å². The van der Waals surface area contributed by atoms with Crippen molar-refractivity contribution in [3.63, 3.8) is 0 Å². The minimum absolute atomic E-state index is 0.303. The molecule has 0 aliphatic carbocycles. The number of aromatic nitrogens is 1. The Kier molecular flexibility index (Phi) is 8.83. The number of thioether (sulfide) groups is 1. The lowest BCUT2D eigenvalue weighted by atomic mass is 10.1. The van der Waals surface area contributed by atoms with Gasteiger partial charge in [0.2, 0.25) is 0 Å². The van der Waals surface area contributed by atoms with E-state index >= 15 is 0 Å². The molecule has 5 rings (SSSR count). The van der Waals surface area contributed by atoms with Crippen LogP contribution in [0.15, 0.2) is 77.3 Å². The Morgan fingerprint density at radius 1 is 1.03 bits per heavy atom. The number of β-amino-alcohol motifs (C(OH)–C–C–N with tert-alkyl or cyclic N) is 1. The van der Waals surface area contributed by atoms with Crippen LogP contribution < -0.4 is 9.64 Å². The molecule has 1 fully saturated rings. The Morgan fingerprint density at radius 3 is 2.53 bits per heavy atom. The van der Waals surface area contributed by atoms with Gasteiger partial charge in [0.15, 0.2) is 5.58 Å². The lowest BCUT2D eigenvalue weighted by Gasteiger charge is -2.38. The van der Waals surface area contributed by atoms with Gasteiger partial charge in [0, 0.05) is 55.4 Å². The van der Waals surface area contributed by atoms with E-state index in [-0.39, 0.29) is 11.9 Å². The molecule has 0 bridgehead atoms. The lowest BCUT2D eigenvalue weighted by Crippen LogP contribution is -2.51. The largest absolute Gasteiger partial charge is 0.488 e. The molecule has 2 heterocycles. The molecule has 1 N–H and O–H groups in total. The van der Waals surface area contributed by atoms with E-state index in [4.69, 9.17) is 9.26 Å². The summed E-state index contributed by atoms with van der Waals surface area (Å²) in [6, 6.07) is 22.5. The summed E-state index contributed by atoms with van der Waals surface area (Å²) in [6.07, 6.45) is -0.127. The van der Waals surface area contributed by atoms with Gasteiger partial charge in [-0.1, -0.05) is 30.3 Å². The van der Waals surface area contributed by atoms with Gasteiger partial charge in [-0.3, -0.25) is 4.90 Å². The van der Waals surface area contributed by atoms with Gasteiger partial charge in [0.1, 0.15) is 29.5 Å². The fraction of sp³-hybridized carbons (Fsp3) is 0.367. The molecule has 1 aromatic heterocycles. The highest BCUT2D eigenvalue weighted by Crippen LogP contribution is 2.30. The van der Waals surface area contributed by atoms with Crippen LogP contribution in [-0.2, 0) is 0 Å². The number of hydrogen-bond donors (Lipinski definition) is 1. The summed E-state index contributed by atoms with van der Waals surface area (Å²) in [6.45, 7) is 6.43. The molecule has 200 valence electrons. The summed E-state index contributed by atoms with van der Waals surface area (Å²) in [5, 5.41) is 16.1. The predicted octanol–water partition coefficient (Wildman–Crippen LogP) is 5.71. The molecule has 6 nitrogen and oxygen atoms in total. The van der Waals surface area contributed by atoms with Crippen LogP contribution in [0.3, 0.4) is 0 Å². The summed E-state index contributed by atoms with van der Waals surface area (Å²) in [5.41, 5.74) is 3.19. The van der Waals surface area contributed by atoms with Crippen LogP contribution in [0, 0.1) is 5.82 Å². The summed E-state index contributed by atoms with van der Waals surface area (Å²) in [4.78, 5) is 4.72. The van der Waals surface area contributed by atoms with Gasteiger partial charge in [0.05, 0.1) is 0 Å². The first-order chi connectivity index (χ1) is 18.6. The van der Waals surface area contributed by atoms with Crippen molar-refractivity contribution in [1.82, 2.24) is 10.1 Å². The van der Waals surface area contributed by atoms with Crippen molar-refractivity contribution < 1.29 is 18.8 Å². The number of anilines is 1. The molecule has 0 radical (unpaired) electrons. The highest BCUT2D eigenvalue weighted by molar-refractivity contribution is 7.99. The highest BCUT2D eigenvalue weighted by atomic mass is 32.2. The third-order valence-corrected chi connectivity index (χ3v) is 7.90. The zero-order valence-electron chi connectivity index (χ0n) is 21.6. The third-order valence-electron chi connectivity index (χ3n) is 6.97. The van der Waals surface area contributed by atoms with Crippen LogP contribution in [0.25, 0.3) is 22.2 Å². The van der Waals surface area contributed by atoms with Crippen molar-refractivity contribution in [1.29, 1.82) is 0 Å². The van der Waals surface area contributed by atoms with Crippen molar-refractivity contribution in [2.45, 2.75) is 25.6 Å². The van der Waals surface area contributed by atoms with Crippen LogP contribution in [0.2, 0.25) is 0 Å². The maximum absolute atomic E-state index is 13.5. The number of para-hydroxylation sites is 1. The van der Waals surface area contributed by atoms with E-state index in [1.165, 1.54) is 17.8 Å². The second kappa shape index (κ2) is 12.7. The van der Waals surface area contributed by atoms with Gasteiger partial charge in [-0.25, -0.2) is 4.39 Å². The third kappa shape index (κ3) is 6.49. The van der Waals surface area contributed by atoms with Crippen molar-refractivity contribution in [3.8, 4) is 17.0 Å². The first-order valence-corrected chi connectivity index (χ1v) is 14.4. The van der Waals surface area contributed by atoms with E-state index in [1.807, 2.05) is 42.1 Å². The number of fused-ring (bicyclic) bond motifs is 1. The SMILES string of the molecule is CCSCCC(Oc1ccc(-c2noc3cc(F)ccc23)cc1)[C@H](O)CN1CCN(c2ccccc2)CC1. The molecular formula is C30H34FN3O3S. The molecule has 1 saturated heterocycles. The Bertz CT molecular complexity index is 1290. The normalized spacial score (nSPS) is 16.0. The maximum atomic E-state index is 13.5. The Balaban J connectivity index is 1.21. The second-order valence-corrected chi connectivity index (χ2v) is 10.9. The number of piperazine rings is 1. The van der Waals surface area contributed by atoms with E-state index < -0.39 is 6.10 Å². The number of hydrogen-bond acceptors (Lipinski definition) is 7. The second-order valence-electron chi connectivity index (χ2n) is 9.53. The van der Waals surface area contributed by atoms with Crippen molar-refractivity contribution in [2.24, 2.45) is 0 Å². The number of rotatable bonds is 11. The quantitative estimate of drug-likeness (QED) is 0.247. The van der Waals surface area contributed by atoms with Crippen LogP contribution in [0.1, 0.15) is 13.3 Å². The molecule has 0 amide bonds. The minimum atomic E-state index is -0.593. The zero-order valence-corrected chi connectivity index (χ0v) is 22.4. The van der Waals surface area contributed by atoms with Gasteiger partial charge in [-0.05, 0) is 66.5 Å². The minimum Gasteiger partial charge on any atom is -0.488 e. The maximum Gasteiger partial charge on any atom is 0.170 e. The molecule has 2 atom stereocenters. The Hall–Kier alpha value is -3.07. The fourth-order valence-electron chi connectivity index (χ4n) is 4.87. The van der Waals surface area contributed by atoms with E-state index in [9.17, 15) is 9.50 Å². The lowest BCUT2D eigenvalue weighted by molar-refractivity contribution is 0.00953. The number of aliphatic hydroxyl groups is 1. The summed E-state index contributed by atoms with van der Waals surface area (Å²) < 4.78 is 25.1. The van der Waals surface area contributed by atoms with Gasteiger partial charge in [0.25, 0.3) is 0 Å². The van der Waals surface area contributed by atoms with E-state index in [1.54, 1.807) is 6.07 Å². The van der Waals surface area contributed by atoms with Crippen molar-refractivity contribution in [2.75, 3.05) is 49.1 Å². The molecule has 1 aliphatic heterocycles. The van der Waals surface area contributed by atoms with E-state index in [2.05, 4.69) is 46.1 Å². The Labute approximate surface area is 227 Å². The Morgan fingerprint density at radius 2 is 1.79 bits per heavy atom. The monoisotopic (exact) mass is 535 g/mol. The molecule has 8 heteroatoms. The van der Waals surface area contributed by atoms with Gasteiger partial charge >= 0.3 is 0 Å². The molecule has 0 saturated carbocycles. The topological polar surface area (TPSA) is 62.0 Å². The van der Waals surface area contributed by atoms with Crippen molar-refractivity contribution in [3.05, 3.63) is 78.6 Å². The molecule has 1 aliphatic rings. The van der Waals surface area contributed by atoms with E-state index in [0.29, 0.717) is 23.6 Å². The standard InChI is InChI=1S/C30H34FN3O3S/c1-2-38-19-14-28(27(35)21-33-15-17-34(18-16-33)24-6-4-3-5-7-24)36-25-11-8-22(9-12-25)30-26-13-10-23(31)20-29(26)37-32-30/h3-13,20,27-28,35H,2,14-19,21H2,1H3/t27-,28?/m1/s1. The summed E-state index contributed by atoms with van der Waals surface area (Å²) >= 11 is 1.85. The zero-order chi connectivity index (χ0) is 26.3. The molecular weight excluding hydrogens is 501 g/mol. The average Bonchev–Trinajstić information content (AvgIpc) is 3.37. The number of aliphatic hydroxyl groups excluding tert-OH is 1. The van der Waals surface area contributed by atoms with Gasteiger partial charge in [-0.15, -0.1) is 0 Å². The first-order valence-electron chi connectivity index (χ1n) is 13.2. The van der Waals surface area contributed by atoms with E-state index in [0.717, 1.165) is 55.1 Å². The first kappa shape index (κ1) is 26.5. The fourth-order valence-corrected chi connectivity index (χ4v) is 5.56. The number of nitrogens with zero attached hydrogens (tertiary/aromatic N) is 3. The van der Waals surface area contributed by atoms with Crippen LogP contribution in [0.5, 0.6) is 5.75 Å². The molecule has 4 aromatic rings. The van der Waals surface area contributed by atoms with Gasteiger partial charge in [-0.2, -0.15) is 11.8 Å². The van der Waals surface area contributed by atoms with Crippen molar-refractivity contribution >= 4 is 28.4 Å². The van der Waals surface area contributed by atoms with Gasteiger partial charge < -0.3 is 19.3 Å². The summed E-state index contributed by atoms with van der Waals surface area (Å²) in [7, 11) is 0. The smallest absolute Gasteiger partial charge is 0.170 e. The molecule has 3 aromatic carbocycles. The molecule has 38 heavy (non-hydrogen) atoms. The summed E-state index contributed by atoms with van der Waals surface area (Å²) in [5.74, 6) is 2.31. The highest BCUT2D eigenvalue weighted by Gasteiger charge is 2.26. The molecule has 1 unspecified atom stereocenters. The van der Waals surface area contributed by atoms with Crippen LogP contribution in [0.4, 0.5) is 10.1 Å². The number of halogens is 1. The number of benzene rings is 3.